The Bertz CT molecular complexity index is 925. The summed E-state index contributed by atoms with van der Waals surface area (Å²) in [5, 5.41) is 0. The number of aliphatic imine (C=N–C) groups is 1. The zero-order valence-corrected chi connectivity index (χ0v) is 19.2. The van der Waals surface area contributed by atoms with E-state index in [2.05, 4.69) is 65.0 Å². The minimum atomic E-state index is -1.01. The summed E-state index contributed by atoms with van der Waals surface area (Å²) in [6, 6.07) is 10.7. The van der Waals surface area contributed by atoms with Crippen LogP contribution in [0.5, 0.6) is 0 Å². The topological polar surface area (TPSA) is 58.7 Å². The molecule has 0 bridgehead atoms. The zero-order chi connectivity index (χ0) is 21.4. The van der Waals surface area contributed by atoms with Gasteiger partial charge in [0.25, 0.3) is 5.91 Å². The standard InChI is InChI=1S/C25H30BrN3O/c1-18-16-21(26)10-6-7-13-24(25(18)22(30)29(2)23(27)28-25)14-11-20(12-15-24)17-19-8-4-3-5-9-19/h3-6,8-10,16,20H,1,7,11-15,17H2,2H3,(H2,27,28)/b10-6-,21-16+. The van der Waals surface area contributed by atoms with Crippen molar-refractivity contribution in [1.82, 2.24) is 4.90 Å². The number of halogens is 1. The van der Waals surface area contributed by atoms with Crippen molar-refractivity contribution >= 4 is 27.8 Å². The highest BCUT2D eigenvalue weighted by molar-refractivity contribution is 9.11. The van der Waals surface area contributed by atoms with Crippen LogP contribution in [0.4, 0.5) is 0 Å². The Hall–Kier alpha value is -2.14. The van der Waals surface area contributed by atoms with Crippen LogP contribution in [0.3, 0.4) is 0 Å². The first-order valence-corrected chi connectivity index (χ1v) is 11.6. The Morgan fingerprint density at radius 2 is 1.93 bits per heavy atom. The van der Waals surface area contributed by atoms with E-state index >= 15 is 0 Å². The Balaban J connectivity index is 1.68. The molecule has 0 aromatic heterocycles. The van der Waals surface area contributed by atoms with Crippen LogP contribution in [0, 0.1) is 11.3 Å². The SMILES string of the molecule is C=C1/C=C(Br)\C=C/CCC2(CCC(Cc3ccccc3)CC2)C12N=C(N)N(C)C2=O. The lowest BCUT2D eigenvalue weighted by molar-refractivity contribution is -0.134. The van der Waals surface area contributed by atoms with E-state index in [9.17, 15) is 4.79 Å². The average molecular weight is 468 g/mol. The molecule has 0 saturated heterocycles. The summed E-state index contributed by atoms with van der Waals surface area (Å²) in [4.78, 5) is 20.0. The molecule has 1 amide bonds. The minimum absolute atomic E-state index is 0.0371. The van der Waals surface area contributed by atoms with Gasteiger partial charge in [-0.25, -0.2) is 4.99 Å². The molecule has 5 heteroatoms. The molecule has 1 saturated carbocycles. The van der Waals surface area contributed by atoms with Crippen LogP contribution in [0.25, 0.3) is 0 Å². The van der Waals surface area contributed by atoms with Gasteiger partial charge >= 0.3 is 0 Å². The van der Waals surface area contributed by atoms with Gasteiger partial charge < -0.3 is 5.73 Å². The number of benzene rings is 1. The van der Waals surface area contributed by atoms with Crippen LogP contribution in [0.2, 0.25) is 0 Å². The second kappa shape index (κ2) is 8.18. The Morgan fingerprint density at radius 3 is 2.57 bits per heavy atom. The van der Waals surface area contributed by atoms with Crippen molar-refractivity contribution in [3.05, 3.63) is 70.8 Å². The molecule has 1 fully saturated rings. The van der Waals surface area contributed by atoms with Crippen molar-refractivity contribution in [2.24, 2.45) is 22.1 Å². The third-order valence-corrected chi connectivity index (χ3v) is 7.77. The Labute approximate surface area is 187 Å². The fourth-order valence-electron chi connectivity index (χ4n) is 5.59. The molecule has 2 spiro atoms. The monoisotopic (exact) mass is 467 g/mol. The molecule has 158 valence electrons. The number of hydrogen-bond acceptors (Lipinski definition) is 3. The average Bonchev–Trinajstić information content (AvgIpc) is 3.00. The van der Waals surface area contributed by atoms with Gasteiger partial charge in [0.15, 0.2) is 11.5 Å². The van der Waals surface area contributed by atoms with E-state index in [-0.39, 0.29) is 11.3 Å². The third-order valence-electron chi connectivity index (χ3n) is 7.28. The summed E-state index contributed by atoms with van der Waals surface area (Å²) >= 11 is 3.60. The molecule has 2 N–H and O–H groups in total. The first-order chi connectivity index (χ1) is 14.4. The summed E-state index contributed by atoms with van der Waals surface area (Å²) in [6.07, 6.45) is 13.2. The second-order valence-electron chi connectivity index (χ2n) is 8.95. The lowest BCUT2D eigenvalue weighted by Crippen LogP contribution is -2.56. The van der Waals surface area contributed by atoms with E-state index in [0.29, 0.717) is 11.9 Å². The molecular formula is C25H30BrN3O. The molecule has 2 aliphatic carbocycles. The summed E-state index contributed by atoms with van der Waals surface area (Å²) in [5.74, 6) is 0.887. The maximum Gasteiger partial charge on any atom is 0.262 e. The van der Waals surface area contributed by atoms with Gasteiger partial charge in [-0.1, -0.05) is 65.0 Å². The quantitative estimate of drug-likeness (QED) is 0.656. The van der Waals surface area contributed by atoms with Crippen molar-refractivity contribution in [1.29, 1.82) is 0 Å². The molecule has 4 nitrogen and oxygen atoms in total. The molecule has 1 unspecified atom stereocenters. The largest absolute Gasteiger partial charge is 0.369 e. The van der Waals surface area contributed by atoms with Crippen LogP contribution < -0.4 is 5.73 Å². The van der Waals surface area contributed by atoms with Gasteiger partial charge in [0.05, 0.1) is 0 Å². The number of amides is 1. The highest BCUT2D eigenvalue weighted by Crippen LogP contribution is 2.57. The van der Waals surface area contributed by atoms with E-state index < -0.39 is 5.54 Å². The molecule has 30 heavy (non-hydrogen) atoms. The van der Waals surface area contributed by atoms with E-state index in [4.69, 9.17) is 10.7 Å². The normalized spacial score (nSPS) is 34.9. The molecule has 4 rings (SSSR count). The fourth-order valence-corrected chi connectivity index (χ4v) is 6.05. The van der Waals surface area contributed by atoms with E-state index in [0.717, 1.165) is 55.0 Å². The number of carbonyl (C=O) groups is 1. The number of nitrogens with two attached hydrogens (primary N) is 1. The van der Waals surface area contributed by atoms with Crippen molar-refractivity contribution in [3.63, 3.8) is 0 Å². The lowest BCUT2D eigenvalue weighted by atomic mass is 9.55. The van der Waals surface area contributed by atoms with Gasteiger partial charge in [-0.05, 0) is 68.1 Å². The van der Waals surface area contributed by atoms with Gasteiger partial charge in [-0.15, -0.1) is 0 Å². The second-order valence-corrected chi connectivity index (χ2v) is 9.87. The van der Waals surface area contributed by atoms with Crippen LogP contribution in [0.1, 0.15) is 44.1 Å². The molecular weight excluding hydrogens is 438 g/mol. The van der Waals surface area contributed by atoms with Crippen LogP contribution >= 0.6 is 15.9 Å². The van der Waals surface area contributed by atoms with Gasteiger partial charge in [-0.3, -0.25) is 9.69 Å². The molecule has 0 radical (unpaired) electrons. The highest BCUT2D eigenvalue weighted by Gasteiger charge is 2.62. The Morgan fingerprint density at radius 1 is 1.23 bits per heavy atom. The summed E-state index contributed by atoms with van der Waals surface area (Å²) in [5.41, 5.74) is 7.04. The van der Waals surface area contributed by atoms with Crippen molar-refractivity contribution in [3.8, 4) is 0 Å². The summed E-state index contributed by atoms with van der Waals surface area (Å²) in [7, 11) is 1.72. The number of carbonyl (C=O) groups excluding carboxylic acids is 1. The minimum Gasteiger partial charge on any atom is -0.369 e. The maximum absolute atomic E-state index is 13.6. The van der Waals surface area contributed by atoms with Gasteiger partial charge in [0.2, 0.25) is 0 Å². The van der Waals surface area contributed by atoms with Crippen LogP contribution in [-0.2, 0) is 11.2 Å². The Kier molecular flexibility index (Phi) is 5.75. The van der Waals surface area contributed by atoms with Crippen LogP contribution in [-0.4, -0.2) is 29.4 Å². The number of nitrogens with zero attached hydrogens (tertiary/aromatic N) is 2. The van der Waals surface area contributed by atoms with Gasteiger partial charge in [-0.2, -0.15) is 0 Å². The molecule has 1 atom stereocenters. The molecule has 1 aliphatic heterocycles. The number of allylic oxidation sites excluding steroid dienone is 3. The first-order valence-electron chi connectivity index (χ1n) is 10.8. The summed E-state index contributed by atoms with van der Waals surface area (Å²) < 4.78 is 0.915. The van der Waals surface area contributed by atoms with E-state index in [1.54, 1.807) is 7.05 Å². The number of hydrogen-bond donors (Lipinski definition) is 1. The maximum atomic E-state index is 13.6. The number of fused-ring (bicyclic) bond motifs is 1. The smallest absolute Gasteiger partial charge is 0.262 e. The van der Waals surface area contributed by atoms with Crippen LogP contribution in [0.15, 0.2) is 70.2 Å². The molecule has 1 heterocycles. The van der Waals surface area contributed by atoms with Gasteiger partial charge in [0, 0.05) is 16.9 Å². The number of guanidine groups is 1. The van der Waals surface area contributed by atoms with Crippen molar-refractivity contribution in [2.75, 3.05) is 7.05 Å². The number of rotatable bonds is 2. The summed E-state index contributed by atoms with van der Waals surface area (Å²) in [6.45, 7) is 4.35. The first kappa shape index (κ1) is 21.1. The van der Waals surface area contributed by atoms with E-state index in [1.165, 1.54) is 10.5 Å². The van der Waals surface area contributed by atoms with Crippen molar-refractivity contribution in [2.45, 2.75) is 50.5 Å². The van der Waals surface area contributed by atoms with E-state index in [1.807, 2.05) is 6.08 Å². The molecule has 1 aromatic carbocycles. The fraction of sp³-hybridized carbons (Fsp3) is 0.440. The third kappa shape index (κ3) is 3.47. The van der Waals surface area contributed by atoms with Crippen molar-refractivity contribution < 1.29 is 4.79 Å². The highest BCUT2D eigenvalue weighted by atomic mass is 79.9. The van der Waals surface area contributed by atoms with Gasteiger partial charge in [0.1, 0.15) is 0 Å². The zero-order valence-electron chi connectivity index (χ0n) is 17.6. The lowest BCUT2D eigenvalue weighted by Gasteiger charge is -2.49. The predicted octanol–water partition coefficient (Wildman–Crippen LogP) is 5.12. The number of likely N-dealkylation sites (N-methyl/N-ethyl adjacent to an activating group) is 1. The molecule has 1 aromatic rings. The molecule has 3 aliphatic rings. The predicted molar refractivity (Wildman–Crippen MR) is 126 cm³/mol.